The molecule has 28 heavy (non-hydrogen) atoms. The van der Waals surface area contributed by atoms with Crippen LogP contribution in [0, 0.1) is 6.92 Å². The summed E-state index contributed by atoms with van der Waals surface area (Å²) >= 11 is 0. The average Bonchev–Trinajstić information content (AvgIpc) is 2.72. The van der Waals surface area contributed by atoms with Crippen molar-refractivity contribution < 1.29 is 14.3 Å². The molecule has 0 aliphatic rings. The van der Waals surface area contributed by atoms with Crippen molar-refractivity contribution in [2.24, 2.45) is 0 Å². The molecule has 8 heteroatoms. The van der Waals surface area contributed by atoms with E-state index in [0.717, 1.165) is 5.56 Å². The number of nitrogens with one attached hydrogen (secondary N) is 2. The quantitative estimate of drug-likeness (QED) is 0.651. The van der Waals surface area contributed by atoms with Crippen LogP contribution in [-0.4, -0.2) is 35.1 Å². The molecular formula is C20H21N5O3. The number of amides is 1. The second-order valence-corrected chi connectivity index (χ2v) is 5.95. The maximum Gasteiger partial charge on any atom is 0.270 e. The van der Waals surface area contributed by atoms with Gasteiger partial charge in [0.15, 0.2) is 0 Å². The predicted octanol–water partition coefficient (Wildman–Crippen LogP) is 2.87. The number of benzene rings is 1. The van der Waals surface area contributed by atoms with Gasteiger partial charge in [-0.2, -0.15) is 0 Å². The number of carbonyl (C=O) groups excluding carboxylic acids is 1. The summed E-state index contributed by atoms with van der Waals surface area (Å²) in [7, 11) is 3.15. The largest absolute Gasteiger partial charge is 0.497 e. The summed E-state index contributed by atoms with van der Waals surface area (Å²) in [5.41, 5.74) is 2.52. The van der Waals surface area contributed by atoms with E-state index in [9.17, 15) is 4.79 Å². The van der Waals surface area contributed by atoms with E-state index in [2.05, 4.69) is 25.6 Å². The summed E-state index contributed by atoms with van der Waals surface area (Å²) in [6.45, 7) is 2.19. The Morgan fingerprint density at radius 2 is 1.82 bits per heavy atom. The first-order chi connectivity index (χ1) is 13.6. The fourth-order valence-electron chi connectivity index (χ4n) is 2.55. The molecule has 1 aromatic carbocycles. The molecule has 8 nitrogen and oxygen atoms in total. The molecule has 0 aliphatic carbocycles. The van der Waals surface area contributed by atoms with Gasteiger partial charge in [-0.15, -0.1) is 0 Å². The van der Waals surface area contributed by atoms with Crippen LogP contribution in [0.5, 0.6) is 11.5 Å². The Morgan fingerprint density at radius 1 is 1.04 bits per heavy atom. The molecule has 0 unspecified atom stereocenters. The lowest BCUT2D eigenvalue weighted by Gasteiger charge is -2.13. The van der Waals surface area contributed by atoms with E-state index in [-0.39, 0.29) is 11.6 Å². The summed E-state index contributed by atoms with van der Waals surface area (Å²) < 4.78 is 10.6. The average molecular weight is 379 g/mol. The zero-order valence-corrected chi connectivity index (χ0v) is 15.9. The van der Waals surface area contributed by atoms with Crippen molar-refractivity contribution in [2.75, 3.05) is 19.5 Å². The number of anilines is 2. The van der Waals surface area contributed by atoms with Crippen LogP contribution in [-0.2, 0) is 6.54 Å². The molecule has 0 spiro atoms. The molecule has 0 saturated heterocycles. The first kappa shape index (κ1) is 19.1. The van der Waals surface area contributed by atoms with Gasteiger partial charge in [0.1, 0.15) is 17.2 Å². The topological polar surface area (TPSA) is 98.3 Å². The van der Waals surface area contributed by atoms with Gasteiger partial charge in [0, 0.05) is 30.7 Å². The van der Waals surface area contributed by atoms with Gasteiger partial charge in [0.05, 0.1) is 19.9 Å². The normalized spacial score (nSPS) is 10.2. The lowest BCUT2D eigenvalue weighted by atomic mass is 10.2. The number of ether oxygens (including phenoxy) is 2. The summed E-state index contributed by atoms with van der Waals surface area (Å²) in [4.78, 5) is 25.2. The highest BCUT2D eigenvalue weighted by atomic mass is 16.5. The summed E-state index contributed by atoms with van der Waals surface area (Å²) in [6, 6.07) is 10.7. The van der Waals surface area contributed by atoms with E-state index >= 15 is 0 Å². The van der Waals surface area contributed by atoms with E-state index in [0.29, 0.717) is 35.4 Å². The molecule has 1 amide bonds. The Kier molecular flexibility index (Phi) is 6.01. The molecule has 0 fully saturated rings. The highest BCUT2D eigenvalue weighted by molar-refractivity contribution is 5.92. The van der Waals surface area contributed by atoms with Crippen LogP contribution in [0.4, 0.5) is 11.6 Å². The fourth-order valence-corrected chi connectivity index (χ4v) is 2.55. The minimum Gasteiger partial charge on any atom is -0.497 e. The number of hydrogen-bond acceptors (Lipinski definition) is 7. The maximum absolute atomic E-state index is 12.5. The van der Waals surface area contributed by atoms with Gasteiger partial charge in [0.25, 0.3) is 5.91 Å². The van der Waals surface area contributed by atoms with Gasteiger partial charge in [-0.3, -0.25) is 9.78 Å². The number of rotatable bonds is 7. The monoisotopic (exact) mass is 379 g/mol. The lowest BCUT2D eigenvalue weighted by Crippen LogP contribution is -2.24. The lowest BCUT2D eigenvalue weighted by molar-refractivity contribution is 0.0945. The summed E-state index contributed by atoms with van der Waals surface area (Å²) in [6.07, 6.45) is 3.36. The van der Waals surface area contributed by atoms with E-state index in [1.807, 2.05) is 12.1 Å². The van der Waals surface area contributed by atoms with Crippen LogP contribution in [0.1, 0.15) is 21.7 Å². The van der Waals surface area contributed by atoms with Crippen molar-refractivity contribution in [1.29, 1.82) is 0 Å². The molecule has 3 rings (SSSR count). The Hall–Kier alpha value is -3.68. The molecule has 3 aromatic rings. The zero-order chi connectivity index (χ0) is 19.9. The Morgan fingerprint density at radius 3 is 2.54 bits per heavy atom. The third-order valence-electron chi connectivity index (χ3n) is 3.94. The van der Waals surface area contributed by atoms with Crippen molar-refractivity contribution in [3.8, 4) is 11.5 Å². The molecule has 2 N–H and O–H groups in total. The van der Waals surface area contributed by atoms with Crippen molar-refractivity contribution in [3.05, 3.63) is 65.7 Å². The third-order valence-corrected chi connectivity index (χ3v) is 3.94. The Balaban J connectivity index is 1.79. The molecule has 0 radical (unpaired) electrons. The van der Waals surface area contributed by atoms with Gasteiger partial charge in [0.2, 0.25) is 5.95 Å². The number of aromatic nitrogens is 3. The van der Waals surface area contributed by atoms with Gasteiger partial charge >= 0.3 is 0 Å². The Bertz CT molecular complexity index is 963. The first-order valence-electron chi connectivity index (χ1n) is 8.61. The molecule has 0 saturated carbocycles. The van der Waals surface area contributed by atoms with Crippen molar-refractivity contribution in [3.63, 3.8) is 0 Å². The second-order valence-electron chi connectivity index (χ2n) is 5.95. The summed E-state index contributed by atoms with van der Waals surface area (Å²) in [5, 5.41) is 5.94. The second kappa shape index (κ2) is 8.81. The molecule has 2 heterocycles. The van der Waals surface area contributed by atoms with E-state index in [4.69, 9.17) is 9.47 Å². The van der Waals surface area contributed by atoms with Crippen molar-refractivity contribution >= 4 is 17.5 Å². The molecule has 144 valence electrons. The van der Waals surface area contributed by atoms with Gasteiger partial charge < -0.3 is 20.1 Å². The van der Waals surface area contributed by atoms with Crippen LogP contribution >= 0.6 is 0 Å². The molecule has 0 bridgehead atoms. The molecule has 0 atom stereocenters. The number of nitrogens with zero attached hydrogens (tertiary/aromatic N) is 3. The number of hydrogen-bond donors (Lipinski definition) is 2. The highest BCUT2D eigenvalue weighted by Crippen LogP contribution is 2.30. The minimum atomic E-state index is -0.289. The molecule has 2 aromatic heterocycles. The van der Waals surface area contributed by atoms with Gasteiger partial charge in [-0.05, 0) is 42.8 Å². The van der Waals surface area contributed by atoms with Gasteiger partial charge in [-0.25, -0.2) is 9.97 Å². The van der Waals surface area contributed by atoms with Crippen molar-refractivity contribution in [1.82, 2.24) is 20.3 Å². The van der Waals surface area contributed by atoms with Crippen LogP contribution in [0.25, 0.3) is 0 Å². The minimum absolute atomic E-state index is 0.269. The first-order valence-corrected chi connectivity index (χ1v) is 8.61. The van der Waals surface area contributed by atoms with E-state index in [1.165, 1.54) is 0 Å². The zero-order valence-electron chi connectivity index (χ0n) is 15.9. The fraction of sp³-hybridized carbons (Fsp3) is 0.200. The third kappa shape index (κ3) is 4.73. The number of aryl methyl sites for hydroxylation is 1. The van der Waals surface area contributed by atoms with E-state index < -0.39 is 0 Å². The molecular weight excluding hydrogens is 358 g/mol. The SMILES string of the molecule is COc1ccc(OC)c(Nc2nc(C)cc(C(=O)NCc3ccncc3)n2)c1. The standard InChI is InChI=1S/C20H21N5O3/c1-13-10-17(19(26)22-12-14-6-8-21-9-7-14)25-20(23-13)24-16-11-15(27-2)4-5-18(16)28-3/h4-11H,12H2,1-3H3,(H,22,26)(H,23,24,25). The van der Waals surface area contributed by atoms with Crippen molar-refractivity contribution in [2.45, 2.75) is 13.5 Å². The van der Waals surface area contributed by atoms with Gasteiger partial charge in [-0.1, -0.05) is 0 Å². The van der Waals surface area contributed by atoms with Crippen LogP contribution in [0.15, 0.2) is 48.8 Å². The summed E-state index contributed by atoms with van der Waals surface area (Å²) in [5.74, 6) is 1.27. The number of pyridine rings is 1. The highest BCUT2D eigenvalue weighted by Gasteiger charge is 2.13. The maximum atomic E-state index is 12.5. The molecule has 0 aliphatic heterocycles. The predicted molar refractivity (Wildman–Crippen MR) is 105 cm³/mol. The van der Waals surface area contributed by atoms with Crippen LogP contribution in [0.2, 0.25) is 0 Å². The Labute approximate surface area is 163 Å². The number of carbonyl (C=O) groups is 1. The van der Waals surface area contributed by atoms with E-state index in [1.54, 1.807) is 57.8 Å². The van der Waals surface area contributed by atoms with Crippen LogP contribution in [0.3, 0.4) is 0 Å². The number of methoxy groups -OCH3 is 2. The smallest absolute Gasteiger partial charge is 0.270 e. The van der Waals surface area contributed by atoms with Crippen LogP contribution < -0.4 is 20.1 Å².